The highest BCUT2D eigenvalue weighted by molar-refractivity contribution is 8.00. The highest BCUT2D eigenvalue weighted by Crippen LogP contribution is 2.23. The van der Waals surface area contributed by atoms with Gasteiger partial charge in [-0.15, -0.1) is 0 Å². The SMILES string of the molecule is CC(C)C(C)SCC(=O)c1cc(F)ccc1O. The lowest BCUT2D eigenvalue weighted by molar-refractivity contribution is 0.101. The van der Waals surface area contributed by atoms with Crippen molar-refractivity contribution < 1.29 is 14.3 Å². The number of phenols is 1. The number of hydrogen-bond donors (Lipinski definition) is 1. The summed E-state index contributed by atoms with van der Waals surface area (Å²) < 4.78 is 13.0. The zero-order valence-electron chi connectivity index (χ0n) is 10.2. The van der Waals surface area contributed by atoms with Gasteiger partial charge in [0.15, 0.2) is 5.78 Å². The number of phenolic OH excluding ortho intramolecular Hbond substituents is 1. The normalized spacial score (nSPS) is 12.8. The quantitative estimate of drug-likeness (QED) is 0.819. The van der Waals surface area contributed by atoms with Crippen LogP contribution in [-0.2, 0) is 0 Å². The Morgan fingerprint density at radius 1 is 1.41 bits per heavy atom. The van der Waals surface area contributed by atoms with Gasteiger partial charge in [0, 0.05) is 5.25 Å². The van der Waals surface area contributed by atoms with Crippen molar-refractivity contribution in [1.29, 1.82) is 0 Å². The fourth-order valence-electron chi connectivity index (χ4n) is 1.21. The Morgan fingerprint density at radius 3 is 2.65 bits per heavy atom. The molecule has 0 fully saturated rings. The van der Waals surface area contributed by atoms with E-state index in [0.717, 1.165) is 12.1 Å². The summed E-state index contributed by atoms with van der Waals surface area (Å²) in [6.07, 6.45) is 0. The van der Waals surface area contributed by atoms with Crippen LogP contribution < -0.4 is 0 Å². The Labute approximate surface area is 105 Å². The molecule has 0 saturated carbocycles. The van der Waals surface area contributed by atoms with Crippen LogP contribution in [0, 0.1) is 11.7 Å². The number of ketones is 1. The van der Waals surface area contributed by atoms with Gasteiger partial charge >= 0.3 is 0 Å². The maximum absolute atomic E-state index is 13.0. The first kappa shape index (κ1) is 14.0. The second kappa shape index (κ2) is 6.05. The van der Waals surface area contributed by atoms with Crippen molar-refractivity contribution in [3.05, 3.63) is 29.6 Å². The van der Waals surface area contributed by atoms with Gasteiger partial charge in [-0.05, 0) is 24.1 Å². The average Bonchev–Trinajstić information content (AvgIpc) is 2.28. The van der Waals surface area contributed by atoms with Gasteiger partial charge in [-0.3, -0.25) is 4.79 Å². The minimum Gasteiger partial charge on any atom is -0.507 e. The van der Waals surface area contributed by atoms with E-state index >= 15 is 0 Å². The topological polar surface area (TPSA) is 37.3 Å². The molecule has 1 aromatic rings. The average molecular weight is 256 g/mol. The molecule has 1 aromatic carbocycles. The molecule has 0 aliphatic rings. The molecule has 0 aromatic heterocycles. The van der Waals surface area contributed by atoms with Crippen molar-refractivity contribution in [2.75, 3.05) is 5.75 Å². The Morgan fingerprint density at radius 2 is 2.06 bits per heavy atom. The molecule has 0 spiro atoms. The molecule has 0 heterocycles. The monoisotopic (exact) mass is 256 g/mol. The highest BCUT2D eigenvalue weighted by atomic mass is 32.2. The molecule has 0 bridgehead atoms. The third kappa shape index (κ3) is 4.04. The lowest BCUT2D eigenvalue weighted by atomic mass is 10.1. The smallest absolute Gasteiger partial charge is 0.176 e. The van der Waals surface area contributed by atoms with Crippen molar-refractivity contribution in [3.63, 3.8) is 0 Å². The van der Waals surface area contributed by atoms with Gasteiger partial charge in [0.05, 0.1) is 11.3 Å². The molecule has 1 atom stereocenters. The van der Waals surface area contributed by atoms with Crippen LogP contribution in [0.3, 0.4) is 0 Å². The van der Waals surface area contributed by atoms with Gasteiger partial charge < -0.3 is 5.11 Å². The van der Waals surface area contributed by atoms with Gasteiger partial charge in [-0.2, -0.15) is 11.8 Å². The summed E-state index contributed by atoms with van der Waals surface area (Å²) in [4.78, 5) is 11.8. The van der Waals surface area contributed by atoms with Crippen LogP contribution in [0.15, 0.2) is 18.2 Å². The van der Waals surface area contributed by atoms with Crippen LogP contribution in [0.1, 0.15) is 31.1 Å². The lowest BCUT2D eigenvalue weighted by Gasteiger charge is -2.14. The van der Waals surface area contributed by atoms with Crippen LogP contribution in [0.4, 0.5) is 4.39 Å². The minimum absolute atomic E-state index is 0.0634. The van der Waals surface area contributed by atoms with Gasteiger partial charge in [0.1, 0.15) is 11.6 Å². The second-order valence-electron chi connectivity index (χ2n) is 4.34. The number of rotatable bonds is 5. The van der Waals surface area contributed by atoms with Crippen molar-refractivity contribution in [2.45, 2.75) is 26.0 Å². The van der Waals surface area contributed by atoms with Gasteiger partial charge in [-0.25, -0.2) is 4.39 Å². The first-order chi connectivity index (χ1) is 7.91. The molecule has 0 aliphatic carbocycles. The largest absolute Gasteiger partial charge is 0.507 e. The summed E-state index contributed by atoms with van der Waals surface area (Å²) in [7, 11) is 0. The summed E-state index contributed by atoms with van der Waals surface area (Å²) >= 11 is 1.52. The molecule has 4 heteroatoms. The van der Waals surface area contributed by atoms with Gasteiger partial charge in [-0.1, -0.05) is 20.8 Å². The molecule has 0 aliphatic heterocycles. The Bertz CT molecular complexity index is 404. The van der Waals surface area contributed by atoms with Crippen LogP contribution in [0.25, 0.3) is 0 Å². The molecule has 2 nitrogen and oxygen atoms in total. The first-order valence-electron chi connectivity index (χ1n) is 5.55. The van der Waals surface area contributed by atoms with Crippen molar-refractivity contribution in [2.24, 2.45) is 5.92 Å². The first-order valence-corrected chi connectivity index (χ1v) is 6.60. The fourth-order valence-corrected chi connectivity index (χ4v) is 2.16. The van der Waals surface area contributed by atoms with Crippen LogP contribution in [0.2, 0.25) is 0 Å². The molecule has 0 saturated heterocycles. The van der Waals surface area contributed by atoms with E-state index in [0.29, 0.717) is 11.2 Å². The number of halogens is 1. The molecular weight excluding hydrogens is 239 g/mol. The number of aromatic hydroxyl groups is 1. The van der Waals surface area contributed by atoms with Crippen LogP contribution >= 0.6 is 11.8 Å². The predicted molar refractivity (Wildman–Crippen MR) is 69.2 cm³/mol. The summed E-state index contributed by atoms with van der Waals surface area (Å²) in [5, 5.41) is 9.84. The maximum Gasteiger partial charge on any atom is 0.176 e. The van der Waals surface area contributed by atoms with Gasteiger partial charge in [0.25, 0.3) is 0 Å². The van der Waals surface area contributed by atoms with E-state index < -0.39 is 5.82 Å². The van der Waals surface area contributed by atoms with Crippen LogP contribution in [0.5, 0.6) is 5.75 Å². The summed E-state index contributed by atoms with van der Waals surface area (Å²) in [6, 6.07) is 3.42. The third-order valence-electron chi connectivity index (χ3n) is 2.68. The number of carbonyl (C=O) groups excluding carboxylic acids is 1. The zero-order valence-corrected chi connectivity index (χ0v) is 11.1. The van der Waals surface area contributed by atoms with E-state index in [-0.39, 0.29) is 22.8 Å². The number of Topliss-reactive ketones (excluding diaryl/α,β-unsaturated/α-hetero) is 1. The predicted octanol–water partition coefficient (Wildman–Crippen LogP) is 3.49. The van der Waals surface area contributed by atoms with Crippen LogP contribution in [-0.4, -0.2) is 21.9 Å². The van der Waals surface area contributed by atoms with E-state index in [2.05, 4.69) is 13.8 Å². The number of thioether (sulfide) groups is 1. The molecular formula is C13H17FO2S. The molecule has 1 rings (SSSR count). The van der Waals surface area contributed by atoms with Crippen molar-refractivity contribution >= 4 is 17.5 Å². The summed E-state index contributed by atoms with van der Waals surface area (Å²) in [5.74, 6) is -0.160. The minimum atomic E-state index is -0.506. The molecule has 17 heavy (non-hydrogen) atoms. The summed E-state index contributed by atoms with van der Waals surface area (Å²) in [5.41, 5.74) is 0.0634. The molecule has 1 N–H and O–H groups in total. The molecule has 0 radical (unpaired) electrons. The number of benzene rings is 1. The van der Waals surface area contributed by atoms with Crippen molar-refractivity contribution in [3.8, 4) is 5.75 Å². The van der Waals surface area contributed by atoms with E-state index in [1.807, 2.05) is 6.92 Å². The van der Waals surface area contributed by atoms with E-state index in [1.165, 1.54) is 17.8 Å². The lowest BCUT2D eigenvalue weighted by Crippen LogP contribution is -2.11. The van der Waals surface area contributed by atoms with E-state index in [9.17, 15) is 14.3 Å². The van der Waals surface area contributed by atoms with E-state index in [1.54, 1.807) is 0 Å². The molecule has 0 amide bonds. The van der Waals surface area contributed by atoms with Gasteiger partial charge in [0.2, 0.25) is 0 Å². The number of hydrogen-bond acceptors (Lipinski definition) is 3. The third-order valence-corrected chi connectivity index (χ3v) is 4.17. The Hall–Kier alpha value is -1.03. The highest BCUT2D eigenvalue weighted by Gasteiger charge is 2.15. The van der Waals surface area contributed by atoms with E-state index in [4.69, 9.17) is 0 Å². The zero-order chi connectivity index (χ0) is 13.0. The Balaban J connectivity index is 2.67. The second-order valence-corrected chi connectivity index (χ2v) is 5.71. The Kier molecular flexibility index (Phi) is 5.00. The molecule has 94 valence electrons. The van der Waals surface area contributed by atoms with Crippen molar-refractivity contribution in [1.82, 2.24) is 0 Å². The number of carbonyl (C=O) groups is 1. The fraction of sp³-hybridized carbons (Fsp3) is 0.462. The summed E-state index contributed by atoms with van der Waals surface area (Å²) in [6.45, 7) is 6.22. The standard InChI is InChI=1S/C13H17FO2S/c1-8(2)9(3)17-7-13(16)11-6-10(14)4-5-12(11)15/h4-6,8-9,15H,7H2,1-3H3. The molecule has 1 unspecified atom stereocenters. The maximum atomic E-state index is 13.0.